The van der Waals surface area contributed by atoms with Crippen molar-refractivity contribution in [2.75, 3.05) is 47.1 Å². The van der Waals surface area contributed by atoms with Crippen molar-refractivity contribution in [2.45, 2.75) is 12.5 Å². The Bertz CT molecular complexity index is 576. The molecule has 0 aliphatic rings. The molecule has 0 aromatic heterocycles. The molecule has 2 aromatic rings. The number of methoxy groups -OCH3 is 2. The van der Waals surface area contributed by atoms with Crippen molar-refractivity contribution in [3.63, 3.8) is 0 Å². The first kappa shape index (κ1) is 23.6. The van der Waals surface area contributed by atoms with Gasteiger partial charge in [0, 0.05) is 39.8 Å². The highest BCUT2D eigenvalue weighted by Gasteiger charge is 2.38. The average molecular weight is 394 g/mol. The van der Waals surface area contributed by atoms with Crippen LogP contribution in [0, 0.1) is 5.92 Å². The lowest BCUT2D eigenvalue weighted by molar-refractivity contribution is 0.000640. The van der Waals surface area contributed by atoms with Gasteiger partial charge in [0.2, 0.25) is 0 Å². The van der Waals surface area contributed by atoms with E-state index in [1.165, 1.54) is 0 Å². The molecule has 1 atom stereocenters. The fraction of sp³-hybridized carbons (Fsp3) is 0.455. The molecule has 0 radical (unpaired) electrons. The zero-order valence-electron chi connectivity index (χ0n) is 16.5. The Morgan fingerprint density at radius 1 is 0.852 bits per heavy atom. The van der Waals surface area contributed by atoms with E-state index in [2.05, 4.69) is 11.8 Å². The first-order valence-electron chi connectivity index (χ1n) is 9.16. The molecule has 0 aliphatic carbocycles. The molecule has 0 saturated heterocycles. The Morgan fingerprint density at radius 3 is 1.63 bits per heavy atom. The largest absolute Gasteiger partial charge is 0.383 e. The van der Waals surface area contributed by atoms with Gasteiger partial charge in [0.25, 0.3) is 0 Å². The third kappa shape index (κ3) is 6.30. The summed E-state index contributed by atoms with van der Waals surface area (Å²) < 4.78 is 10.5. The quantitative estimate of drug-likeness (QED) is 0.633. The second-order valence-electron chi connectivity index (χ2n) is 6.69. The normalized spacial score (nSPS) is 12.6. The second-order valence-corrected chi connectivity index (χ2v) is 6.69. The maximum atomic E-state index is 11.8. The fourth-order valence-electron chi connectivity index (χ4n) is 3.37. The number of benzene rings is 2. The van der Waals surface area contributed by atoms with E-state index in [0.29, 0.717) is 13.2 Å². The lowest BCUT2D eigenvalue weighted by Gasteiger charge is -2.38. The Hall–Kier alpha value is -1.43. The topological polar surface area (TPSA) is 41.9 Å². The zero-order chi connectivity index (χ0) is 18.8. The molecule has 5 heteroatoms. The third-order valence-electron chi connectivity index (χ3n) is 4.90. The van der Waals surface area contributed by atoms with Gasteiger partial charge < -0.3 is 14.6 Å². The SMILES string of the molecule is COCCN(CCOC)CC(C)C(O)(c1ccccc1)c1ccccc1.Cl. The number of nitrogens with zero attached hydrogens (tertiary/aromatic N) is 1. The van der Waals surface area contributed by atoms with Gasteiger partial charge in [-0.2, -0.15) is 0 Å². The van der Waals surface area contributed by atoms with Crippen LogP contribution >= 0.6 is 12.4 Å². The van der Waals surface area contributed by atoms with E-state index < -0.39 is 5.60 Å². The van der Waals surface area contributed by atoms with Crippen LogP contribution in [0.4, 0.5) is 0 Å². The summed E-state index contributed by atoms with van der Waals surface area (Å²) in [5.41, 5.74) is 0.773. The van der Waals surface area contributed by atoms with Crippen LogP contribution in [-0.4, -0.2) is 57.1 Å². The number of hydrogen-bond donors (Lipinski definition) is 1. The van der Waals surface area contributed by atoms with Gasteiger partial charge in [0.15, 0.2) is 0 Å². The first-order valence-corrected chi connectivity index (χ1v) is 9.16. The molecule has 2 aromatic carbocycles. The van der Waals surface area contributed by atoms with Crippen LogP contribution in [0.15, 0.2) is 60.7 Å². The monoisotopic (exact) mass is 393 g/mol. The summed E-state index contributed by atoms with van der Waals surface area (Å²) in [7, 11) is 3.42. The maximum Gasteiger partial charge on any atom is 0.118 e. The van der Waals surface area contributed by atoms with E-state index in [4.69, 9.17) is 9.47 Å². The average Bonchev–Trinajstić information content (AvgIpc) is 2.70. The molecule has 0 fully saturated rings. The summed E-state index contributed by atoms with van der Waals surface area (Å²) in [4.78, 5) is 2.29. The summed E-state index contributed by atoms with van der Waals surface area (Å²) in [6.07, 6.45) is 0. The molecule has 0 amide bonds. The summed E-state index contributed by atoms with van der Waals surface area (Å²) >= 11 is 0. The van der Waals surface area contributed by atoms with E-state index in [9.17, 15) is 5.11 Å². The van der Waals surface area contributed by atoms with Crippen LogP contribution < -0.4 is 0 Å². The van der Waals surface area contributed by atoms with Gasteiger partial charge in [0.1, 0.15) is 5.60 Å². The molecular weight excluding hydrogens is 362 g/mol. The van der Waals surface area contributed by atoms with Crippen LogP contribution in [0.1, 0.15) is 18.1 Å². The van der Waals surface area contributed by atoms with Crippen molar-refractivity contribution in [2.24, 2.45) is 5.92 Å². The zero-order valence-corrected chi connectivity index (χ0v) is 17.3. The molecule has 4 nitrogen and oxygen atoms in total. The molecule has 1 N–H and O–H groups in total. The van der Waals surface area contributed by atoms with Gasteiger partial charge in [-0.3, -0.25) is 4.90 Å². The van der Waals surface area contributed by atoms with Crippen molar-refractivity contribution in [3.05, 3.63) is 71.8 Å². The van der Waals surface area contributed by atoms with Crippen molar-refractivity contribution >= 4 is 12.4 Å². The van der Waals surface area contributed by atoms with Crippen molar-refractivity contribution in [1.29, 1.82) is 0 Å². The minimum absolute atomic E-state index is 0. The molecule has 0 heterocycles. The van der Waals surface area contributed by atoms with Crippen molar-refractivity contribution in [3.8, 4) is 0 Å². The second kappa shape index (κ2) is 12.1. The van der Waals surface area contributed by atoms with Gasteiger partial charge >= 0.3 is 0 Å². The van der Waals surface area contributed by atoms with Crippen LogP contribution in [-0.2, 0) is 15.1 Å². The van der Waals surface area contributed by atoms with Gasteiger partial charge in [-0.1, -0.05) is 67.6 Å². The highest BCUT2D eigenvalue weighted by molar-refractivity contribution is 5.85. The fourth-order valence-corrected chi connectivity index (χ4v) is 3.37. The summed E-state index contributed by atoms with van der Waals surface area (Å²) in [5.74, 6) is -0.0130. The molecule has 0 spiro atoms. The molecule has 1 unspecified atom stereocenters. The summed E-state index contributed by atoms with van der Waals surface area (Å²) in [5, 5.41) is 11.8. The molecule has 0 aliphatic heterocycles. The standard InChI is InChI=1S/C22H31NO3.ClH/c1-19(18-23(14-16-25-2)15-17-26-3)22(24,20-10-6-4-7-11-20)21-12-8-5-9-13-21;/h4-13,19,24H,14-18H2,1-3H3;1H. The smallest absolute Gasteiger partial charge is 0.118 e. The predicted octanol–water partition coefficient (Wildman–Crippen LogP) is 3.58. The molecule has 2 rings (SSSR count). The number of ether oxygens (including phenoxy) is 2. The number of halogens is 1. The van der Waals surface area contributed by atoms with E-state index in [0.717, 1.165) is 30.8 Å². The number of hydrogen-bond acceptors (Lipinski definition) is 4. The van der Waals surface area contributed by atoms with Gasteiger partial charge in [-0.05, 0) is 11.1 Å². The predicted molar refractivity (Wildman–Crippen MR) is 112 cm³/mol. The number of aliphatic hydroxyl groups is 1. The van der Waals surface area contributed by atoms with Crippen LogP contribution in [0.25, 0.3) is 0 Å². The van der Waals surface area contributed by atoms with Crippen LogP contribution in [0.5, 0.6) is 0 Å². The minimum atomic E-state index is -1.05. The molecule has 0 saturated carbocycles. The molecule has 150 valence electrons. The lowest BCUT2D eigenvalue weighted by atomic mass is 9.76. The van der Waals surface area contributed by atoms with Crippen LogP contribution in [0.2, 0.25) is 0 Å². The van der Waals surface area contributed by atoms with Gasteiger partial charge in [-0.25, -0.2) is 0 Å². The van der Waals surface area contributed by atoms with Crippen molar-refractivity contribution < 1.29 is 14.6 Å². The molecule has 0 bridgehead atoms. The lowest BCUT2D eigenvalue weighted by Crippen LogP contribution is -2.43. The van der Waals surface area contributed by atoms with Crippen LogP contribution in [0.3, 0.4) is 0 Å². The Kier molecular flexibility index (Phi) is 10.6. The van der Waals surface area contributed by atoms with E-state index in [-0.39, 0.29) is 18.3 Å². The van der Waals surface area contributed by atoms with E-state index >= 15 is 0 Å². The Balaban J connectivity index is 0.00000364. The highest BCUT2D eigenvalue weighted by Crippen LogP contribution is 2.37. The minimum Gasteiger partial charge on any atom is -0.383 e. The Labute approximate surface area is 169 Å². The summed E-state index contributed by atoms with van der Waals surface area (Å²) in [6, 6.07) is 19.8. The van der Waals surface area contributed by atoms with E-state index in [1.54, 1.807) is 14.2 Å². The summed E-state index contributed by atoms with van der Waals surface area (Å²) in [6.45, 7) is 5.78. The number of rotatable bonds is 11. The van der Waals surface area contributed by atoms with Crippen molar-refractivity contribution in [1.82, 2.24) is 4.90 Å². The Morgan fingerprint density at radius 2 is 1.26 bits per heavy atom. The highest BCUT2D eigenvalue weighted by atomic mass is 35.5. The first-order chi connectivity index (χ1) is 12.6. The molecule has 27 heavy (non-hydrogen) atoms. The maximum absolute atomic E-state index is 11.8. The van der Waals surface area contributed by atoms with Gasteiger partial charge in [-0.15, -0.1) is 12.4 Å². The van der Waals surface area contributed by atoms with Gasteiger partial charge in [0.05, 0.1) is 13.2 Å². The van der Waals surface area contributed by atoms with E-state index in [1.807, 2.05) is 60.7 Å². The third-order valence-corrected chi connectivity index (χ3v) is 4.90. The molecular formula is C22H32ClNO3.